The monoisotopic (exact) mass is 281 g/mol. The van der Waals surface area contributed by atoms with Crippen LogP contribution >= 0.6 is 15.9 Å². The average molecular weight is 282 g/mol. The van der Waals surface area contributed by atoms with E-state index in [2.05, 4.69) is 26.2 Å². The maximum atomic E-state index is 11.0. The van der Waals surface area contributed by atoms with Crippen molar-refractivity contribution in [1.82, 2.24) is 15.0 Å². The predicted octanol–water partition coefficient (Wildman–Crippen LogP) is 1.94. The summed E-state index contributed by atoms with van der Waals surface area (Å²) < 4.78 is 2.15. The topological polar surface area (TPSA) is 68.0 Å². The number of benzene rings is 1. The minimum absolute atomic E-state index is 0.221. The van der Waals surface area contributed by atoms with Crippen LogP contribution in [0.3, 0.4) is 0 Å². The van der Waals surface area contributed by atoms with Crippen molar-refractivity contribution in [2.24, 2.45) is 7.05 Å². The Balaban J connectivity index is 2.56. The highest BCUT2D eigenvalue weighted by Crippen LogP contribution is 2.24. The van der Waals surface area contributed by atoms with Gasteiger partial charge in [-0.25, -0.2) is 9.48 Å². The van der Waals surface area contributed by atoms with Gasteiger partial charge in [0, 0.05) is 17.1 Å². The molecule has 0 saturated carbocycles. The van der Waals surface area contributed by atoms with E-state index in [1.807, 2.05) is 6.07 Å². The quantitative estimate of drug-likeness (QED) is 0.914. The zero-order chi connectivity index (χ0) is 11.7. The van der Waals surface area contributed by atoms with Crippen LogP contribution in [0.15, 0.2) is 28.9 Å². The highest BCUT2D eigenvalue weighted by molar-refractivity contribution is 9.10. The van der Waals surface area contributed by atoms with E-state index in [1.165, 1.54) is 0 Å². The van der Waals surface area contributed by atoms with Crippen molar-refractivity contribution in [1.29, 1.82) is 0 Å². The van der Waals surface area contributed by atoms with Crippen molar-refractivity contribution < 1.29 is 9.90 Å². The normalized spacial score (nSPS) is 10.4. The molecular formula is C10H8BrN3O2. The van der Waals surface area contributed by atoms with E-state index in [1.54, 1.807) is 30.1 Å². The molecule has 2 aromatic rings. The van der Waals surface area contributed by atoms with E-state index in [0.29, 0.717) is 4.47 Å². The molecule has 2 rings (SSSR count). The number of aryl methyl sites for hydroxylation is 1. The van der Waals surface area contributed by atoms with Crippen LogP contribution in [-0.2, 0) is 7.05 Å². The number of halogens is 1. The van der Waals surface area contributed by atoms with E-state index in [9.17, 15) is 4.79 Å². The molecule has 0 bridgehead atoms. The molecular weight excluding hydrogens is 274 g/mol. The lowest BCUT2D eigenvalue weighted by Crippen LogP contribution is -1.99. The summed E-state index contributed by atoms with van der Waals surface area (Å²) in [5, 5.41) is 16.5. The molecule has 0 radical (unpaired) electrons. The smallest absolute Gasteiger partial charge is 0.336 e. The van der Waals surface area contributed by atoms with Crippen LogP contribution < -0.4 is 0 Å². The van der Waals surface area contributed by atoms with Gasteiger partial charge in [-0.3, -0.25) is 0 Å². The van der Waals surface area contributed by atoms with Crippen molar-refractivity contribution >= 4 is 21.9 Å². The Kier molecular flexibility index (Phi) is 2.74. The number of carboxylic acids is 1. The Morgan fingerprint density at radius 1 is 1.50 bits per heavy atom. The van der Waals surface area contributed by atoms with E-state index in [-0.39, 0.29) is 5.56 Å². The Bertz CT molecular complexity index is 551. The highest BCUT2D eigenvalue weighted by atomic mass is 79.9. The summed E-state index contributed by atoms with van der Waals surface area (Å²) in [7, 11) is 1.75. The van der Waals surface area contributed by atoms with Crippen LogP contribution in [0.2, 0.25) is 0 Å². The molecule has 0 atom stereocenters. The molecule has 16 heavy (non-hydrogen) atoms. The van der Waals surface area contributed by atoms with Crippen molar-refractivity contribution in [3.05, 3.63) is 34.4 Å². The molecule has 1 heterocycles. The summed E-state index contributed by atoms with van der Waals surface area (Å²) in [6.07, 6.45) is 1.59. The lowest BCUT2D eigenvalue weighted by atomic mass is 10.1. The van der Waals surface area contributed by atoms with E-state index in [0.717, 1.165) is 11.3 Å². The third-order valence-electron chi connectivity index (χ3n) is 2.21. The fourth-order valence-corrected chi connectivity index (χ4v) is 1.82. The summed E-state index contributed by atoms with van der Waals surface area (Å²) in [5.74, 6) is -0.969. The van der Waals surface area contributed by atoms with Gasteiger partial charge < -0.3 is 5.11 Å². The second-order valence-electron chi connectivity index (χ2n) is 3.24. The molecule has 1 aromatic heterocycles. The molecule has 0 unspecified atom stereocenters. The first-order chi connectivity index (χ1) is 7.59. The van der Waals surface area contributed by atoms with Gasteiger partial charge in [-0.1, -0.05) is 11.3 Å². The first-order valence-corrected chi connectivity index (χ1v) is 5.27. The predicted molar refractivity (Wildman–Crippen MR) is 61.1 cm³/mol. The fourth-order valence-electron chi connectivity index (χ4n) is 1.40. The van der Waals surface area contributed by atoms with Gasteiger partial charge in [0.2, 0.25) is 0 Å². The Morgan fingerprint density at radius 3 is 2.81 bits per heavy atom. The molecule has 0 aliphatic carbocycles. The number of carbonyl (C=O) groups is 1. The first-order valence-electron chi connectivity index (χ1n) is 4.47. The van der Waals surface area contributed by atoms with E-state index < -0.39 is 5.97 Å². The Labute approximate surface area is 99.8 Å². The molecule has 0 aliphatic rings. The SMILES string of the molecule is Cn1nncc1-c1ccc(Br)c(C(=O)O)c1. The molecule has 0 amide bonds. The molecule has 1 aromatic carbocycles. The average Bonchev–Trinajstić information content (AvgIpc) is 2.65. The second-order valence-corrected chi connectivity index (χ2v) is 4.10. The second kappa shape index (κ2) is 4.05. The lowest BCUT2D eigenvalue weighted by Gasteiger charge is -2.04. The van der Waals surface area contributed by atoms with Gasteiger partial charge in [0.1, 0.15) is 0 Å². The van der Waals surface area contributed by atoms with Crippen molar-refractivity contribution in [2.45, 2.75) is 0 Å². The Hall–Kier alpha value is -1.69. The summed E-state index contributed by atoms with van der Waals surface area (Å²) in [6.45, 7) is 0. The highest BCUT2D eigenvalue weighted by Gasteiger charge is 2.11. The van der Waals surface area contributed by atoms with Crippen molar-refractivity contribution in [3.8, 4) is 11.3 Å². The van der Waals surface area contributed by atoms with Crippen LogP contribution in [0.4, 0.5) is 0 Å². The molecule has 0 aliphatic heterocycles. The summed E-state index contributed by atoms with van der Waals surface area (Å²) in [4.78, 5) is 11.0. The maximum Gasteiger partial charge on any atom is 0.336 e. The zero-order valence-corrected chi connectivity index (χ0v) is 9.97. The van der Waals surface area contributed by atoms with Crippen molar-refractivity contribution in [2.75, 3.05) is 0 Å². The third-order valence-corrected chi connectivity index (χ3v) is 2.90. The lowest BCUT2D eigenvalue weighted by molar-refractivity contribution is 0.0696. The molecule has 0 saturated heterocycles. The first kappa shape index (κ1) is 10.8. The fraction of sp³-hybridized carbons (Fsp3) is 0.100. The van der Waals surface area contributed by atoms with Gasteiger partial charge in [-0.15, -0.1) is 5.10 Å². The molecule has 6 heteroatoms. The van der Waals surface area contributed by atoms with Crippen LogP contribution in [0.5, 0.6) is 0 Å². The standard InChI is InChI=1S/C10H8BrN3O2/c1-14-9(5-12-13-14)6-2-3-8(11)7(4-6)10(15)16/h2-5H,1H3,(H,15,16). The van der Waals surface area contributed by atoms with Gasteiger partial charge in [0.25, 0.3) is 0 Å². The van der Waals surface area contributed by atoms with Crippen LogP contribution in [0, 0.1) is 0 Å². The van der Waals surface area contributed by atoms with Crippen LogP contribution in [-0.4, -0.2) is 26.1 Å². The van der Waals surface area contributed by atoms with Crippen LogP contribution in [0.1, 0.15) is 10.4 Å². The Morgan fingerprint density at radius 2 is 2.25 bits per heavy atom. The number of rotatable bonds is 2. The molecule has 82 valence electrons. The summed E-state index contributed by atoms with van der Waals surface area (Å²) in [6, 6.07) is 5.10. The summed E-state index contributed by atoms with van der Waals surface area (Å²) >= 11 is 3.19. The minimum atomic E-state index is -0.969. The number of carboxylic acid groups (broad SMARTS) is 1. The number of hydrogen-bond acceptors (Lipinski definition) is 3. The zero-order valence-electron chi connectivity index (χ0n) is 8.38. The molecule has 5 nitrogen and oxygen atoms in total. The third kappa shape index (κ3) is 1.83. The minimum Gasteiger partial charge on any atom is -0.478 e. The largest absolute Gasteiger partial charge is 0.478 e. The number of aromatic carboxylic acids is 1. The number of aromatic nitrogens is 3. The van der Waals surface area contributed by atoms with Gasteiger partial charge >= 0.3 is 5.97 Å². The maximum absolute atomic E-state index is 11.0. The van der Waals surface area contributed by atoms with Crippen molar-refractivity contribution in [3.63, 3.8) is 0 Å². The van der Waals surface area contributed by atoms with E-state index in [4.69, 9.17) is 5.11 Å². The molecule has 0 spiro atoms. The number of nitrogens with zero attached hydrogens (tertiary/aromatic N) is 3. The van der Waals surface area contributed by atoms with Gasteiger partial charge in [0.15, 0.2) is 0 Å². The summed E-state index contributed by atoms with van der Waals surface area (Å²) in [5.41, 5.74) is 1.77. The molecule has 1 N–H and O–H groups in total. The van der Waals surface area contributed by atoms with Gasteiger partial charge in [0.05, 0.1) is 17.5 Å². The van der Waals surface area contributed by atoms with Crippen LogP contribution in [0.25, 0.3) is 11.3 Å². The van der Waals surface area contributed by atoms with E-state index >= 15 is 0 Å². The van der Waals surface area contributed by atoms with Gasteiger partial charge in [-0.05, 0) is 28.1 Å². The molecule has 0 fully saturated rings. The van der Waals surface area contributed by atoms with Gasteiger partial charge in [-0.2, -0.15) is 0 Å². The number of hydrogen-bond donors (Lipinski definition) is 1.